The van der Waals surface area contributed by atoms with Crippen LogP contribution in [0.4, 0.5) is 0 Å². The van der Waals surface area contributed by atoms with Crippen molar-refractivity contribution in [3.8, 4) is 0 Å². The van der Waals surface area contributed by atoms with Crippen LogP contribution in [-0.2, 0) is 0 Å². The molecular weight excluding hydrogens is 268 g/mol. The lowest BCUT2D eigenvalue weighted by atomic mass is 9.99. The molecule has 0 aliphatic heterocycles. The zero-order valence-electron chi connectivity index (χ0n) is 9.08. The molecule has 0 bridgehead atoms. The molecule has 0 unspecified atom stereocenters. The smallest absolute Gasteiger partial charge is 0.197 e. The van der Waals surface area contributed by atoms with E-state index in [1.807, 2.05) is 32.0 Å². The predicted molar refractivity (Wildman–Crippen MR) is 65.8 cm³/mol. The molecule has 3 heteroatoms. The second-order valence-corrected chi connectivity index (χ2v) is 4.48. The van der Waals surface area contributed by atoms with E-state index in [9.17, 15) is 4.79 Å². The first-order valence-electron chi connectivity index (χ1n) is 4.94. The highest BCUT2D eigenvalue weighted by Gasteiger charge is 2.16. The zero-order chi connectivity index (χ0) is 11.7. The largest absolute Gasteiger partial charge is 0.457 e. The molecule has 0 atom stereocenters. The van der Waals surface area contributed by atoms with Gasteiger partial charge in [-0.1, -0.05) is 23.8 Å². The Morgan fingerprint density at radius 3 is 2.50 bits per heavy atom. The maximum Gasteiger partial charge on any atom is 0.197 e. The number of carbonyl (C=O) groups excluding carboxylic acids is 1. The summed E-state index contributed by atoms with van der Waals surface area (Å²) in [4.78, 5) is 12.2. The molecule has 0 saturated carbocycles. The molecule has 0 radical (unpaired) electrons. The van der Waals surface area contributed by atoms with E-state index in [1.54, 1.807) is 6.07 Å². The van der Waals surface area contributed by atoms with E-state index in [4.69, 9.17) is 4.42 Å². The molecule has 2 rings (SSSR count). The van der Waals surface area contributed by atoms with Crippen molar-refractivity contribution in [2.24, 2.45) is 0 Å². The Balaban J connectivity index is 2.46. The molecule has 0 saturated heterocycles. The van der Waals surface area contributed by atoms with Crippen molar-refractivity contribution in [1.82, 2.24) is 0 Å². The quantitative estimate of drug-likeness (QED) is 0.781. The average Bonchev–Trinajstić information content (AvgIpc) is 2.63. The number of ketones is 1. The lowest BCUT2D eigenvalue weighted by molar-refractivity contribution is 0.103. The minimum atomic E-state index is -0.0156. The van der Waals surface area contributed by atoms with Gasteiger partial charge in [0.1, 0.15) is 0 Å². The summed E-state index contributed by atoms with van der Waals surface area (Å²) in [6, 6.07) is 7.47. The third kappa shape index (κ3) is 1.95. The van der Waals surface area contributed by atoms with E-state index in [1.165, 1.54) is 6.26 Å². The molecule has 0 fully saturated rings. The van der Waals surface area contributed by atoms with Gasteiger partial charge in [0.25, 0.3) is 0 Å². The molecule has 2 aromatic rings. The normalized spacial score (nSPS) is 10.4. The van der Waals surface area contributed by atoms with Gasteiger partial charge in [-0.05, 0) is 41.4 Å². The molecule has 2 nitrogen and oxygen atoms in total. The molecule has 1 heterocycles. The van der Waals surface area contributed by atoms with E-state index < -0.39 is 0 Å². The van der Waals surface area contributed by atoms with Crippen LogP contribution in [0.5, 0.6) is 0 Å². The Morgan fingerprint density at radius 2 is 1.94 bits per heavy atom. The van der Waals surface area contributed by atoms with Crippen LogP contribution >= 0.6 is 15.9 Å². The molecule has 0 aliphatic carbocycles. The summed E-state index contributed by atoms with van der Waals surface area (Å²) in [5.41, 5.74) is 3.41. The van der Waals surface area contributed by atoms with E-state index >= 15 is 0 Å². The van der Waals surface area contributed by atoms with E-state index in [2.05, 4.69) is 15.9 Å². The lowest BCUT2D eigenvalue weighted by Crippen LogP contribution is -2.03. The molecule has 0 N–H and O–H groups in total. The van der Waals surface area contributed by atoms with Gasteiger partial charge in [0.05, 0.1) is 11.8 Å². The maximum atomic E-state index is 12.2. The first kappa shape index (κ1) is 11.1. The van der Waals surface area contributed by atoms with E-state index in [-0.39, 0.29) is 5.78 Å². The number of benzene rings is 1. The van der Waals surface area contributed by atoms with Gasteiger partial charge in [-0.3, -0.25) is 4.79 Å². The van der Waals surface area contributed by atoms with Gasteiger partial charge < -0.3 is 4.42 Å². The Labute approximate surface area is 102 Å². The number of hydrogen-bond donors (Lipinski definition) is 0. The Hall–Kier alpha value is -1.35. The topological polar surface area (TPSA) is 30.2 Å². The van der Waals surface area contributed by atoms with Crippen LogP contribution in [0, 0.1) is 13.8 Å². The fourth-order valence-electron chi connectivity index (χ4n) is 1.67. The molecule has 0 aliphatic rings. The highest BCUT2D eigenvalue weighted by Crippen LogP contribution is 2.22. The summed E-state index contributed by atoms with van der Waals surface area (Å²) in [7, 11) is 0. The molecule has 1 aromatic carbocycles. The van der Waals surface area contributed by atoms with Crippen LogP contribution < -0.4 is 0 Å². The van der Waals surface area contributed by atoms with Gasteiger partial charge in [-0.2, -0.15) is 0 Å². The van der Waals surface area contributed by atoms with Crippen molar-refractivity contribution >= 4 is 21.7 Å². The monoisotopic (exact) mass is 278 g/mol. The average molecular weight is 279 g/mol. The number of furan rings is 1. The molecular formula is C13H11BrO2. The van der Waals surface area contributed by atoms with Crippen molar-refractivity contribution in [3.05, 3.63) is 57.5 Å². The lowest BCUT2D eigenvalue weighted by Gasteiger charge is -2.04. The summed E-state index contributed by atoms with van der Waals surface area (Å²) < 4.78 is 5.55. The first-order chi connectivity index (χ1) is 7.59. The summed E-state index contributed by atoms with van der Waals surface area (Å²) in [6.45, 7) is 3.95. The molecule has 0 amide bonds. The third-order valence-electron chi connectivity index (χ3n) is 2.49. The highest BCUT2D eigenvalue weighted by molar-refractivity contribution is 9.10. The Bertz CT molecular complexity index is 541. The molecule has 82 valence electrons. The van der Waals surface area contributed by atoms with Crippen LogP contribution in [-0.4, -0.2) is 5.78 Å². The minimum Gasteiger partial charge on any atom is -0.457 e. The van der Waals surface area contributed by atoms with Gasteiger partial charge in [-0.15, -0.1) is 0 Å². The van der Waals surface area contributed by atoms with E-state index in [0.717, 1.165) is 11.1 Å². The summed E-state index contributed by atoms with van der Waals surface area (Å²) in [6.07, 6.45) is 1.50. The van der Waals surface area contributed by atoms with Crippen LogP contribution in [0.1, 0.15) is 27.0 Å². The fraction of sp³-hybridized carbons (Fsp3) is 0.154. The number of carbonyl (C=O) groups is 1. The van der Waals surface area contributed by atoms with Crippen LogP contribution in [0.25, 0.3) is 0 Å². The van der Waals surface area contributed by atoms with Crippen molar-refractivity contribution in [2.45, 2.75) is 13.8 Å². The van der Waals surface area contributed by atoms with Crippen molar-refractivity contribution < 1.29 is 9.21 Å². The molecule has 0 spiro atoms. The van der Waals surface area contributed by atoms with Gasteiger partial charge in [-0.25, -0.2) is 0 Å². The predicted octanol–water partition coefficient (Wildman–Crippen LogP) is 3.89. The Morgan fingerprint density at radius 1 is 1.19 bits per heavy atom. The summed E-state index contributed by atoms with van der Waals surface area (Å²) >= 11 is 3.22. The molecule has 16 heavy (non-hydrogen) atoms. The van der Waals surface area contributed by atoms with Gasteiger partial charge in [0.15, 0.2) is 10.5 Å². The van der Waals surface area contributed by atoms with Crippen molar-refractivity contribution in [3.63, 3.8) is 0 Å². The first-order valence-corrected chi connectivity index (χ1v) is 5.74. The summed E-state index contributed by atoms with van der Waals surface area (Å²) in [5.74, 6) is -0.0156. The Kier molecular flexibility index (Phi) is 2.97. The molecule has 1 aromatic heterocycles. The standard InChI is InChI=1S/C13H11BrO2/c1-8-3-4-10(9(2)7-8)12(15)11-5-6-16-13(11)14/h3-7H,1-2H3. The van der Waals surface area contributed by atoms with Crippen LogP contribution in [0.15, 0.2) is 39.6 Å². The van der Waals surface area contributed by atoms with Crippen LogP contribution in [0.3, 0.4) is 0 Å². The van der Waals surface area contributed by atoms with E-state index in [0.29, 0.717) is 15.8 Å². The SMILES string of the molecule is Cc1ccc(C(=O)c2ccoc2Br)c(C)c1. The number of rotatable bonds is 2. The third-order valence-corrected chi connectivity index (χ3v) is 3.10. The van der Waals surface area contributed by atoms with Crippen molar-refractivity contribution in [2.75, 3.05) is 0 Å². The van der Waals surface area contributed by atoms with Crippen LogP contribution in [0.2, 0.25) is 0 Å². The minimum absolute atomic E-state index is 0.0156. The van der Waals surface area contributed by atoms with Crippen molar-refractivity contribution in [1.29, 1.82) is 0 Å². The fourth-order valence-corrected chi connectivity index (χ4v) is 2.09. The van der Waals surface area contributed by atoms with Gasteiger partial charge in [0.2, 0.25) is 0 Å². The second kappa shape index (κ2) is 4.26. The maximum absolute atomic E-state index is 12.2. The van der Waals surface area contributed by atoms with Gasteiger partial charge >= 0.3 is 0 Å². The zero-order valence-corrected chi connectivity index (χ0v) is 10.7. The highest BCUT2D eigenvalue weighted by atomic mass is 79.9. The number of halogens is 1. The number of hydrogen-bond acceptors (Lipinski definition) is 2. The second-order valence-electron chi connectivity index (χ2n) is 3.76. The van der Waals surface area contributed by atoms with Gasteiger partial charge in [0, 0.05) is 5.56 Å². The summed E-state index contributed by atoms with van der Waals surface area (Å²) in [5, 5.41) is 0. The number of aryl methyl sites for hydroxylation is 2.